The third-order valence-corrected chi connectivity index (χ3v) is 1.65. The van der Waals surface area contributed by atoms with Crippen LogP contribution >= 0.6 is 15.9 Å². The van der Waals surface area contributed by atoms with Gasteiger partial charge in [-0.3, -0.25) is 0 Å². The van der Waals surface area contributed by atoms with Crippen LogP contribution in [0.5, 0.6) is 0 Å². The summed E-state index contributed by atoms with van der Waals surface area (Å²) in [5.41, 5.74) is 1.18. The molecule has 0 radical (unpaired) electrons. The quantitative estimate of drug-likeness (QED) is 0.479. The molecule has 0 saturated carbocycles. The molecule has 0 unspecified atom stereocenters. The van der Waals surface area contributed by atoms with E-state index in [9.17, 15) is 4.39 Å². The van der Waals surface area contributed by atoms with E-state index >= 15 is 0 Å². The third-order valence-electron chi connectivity index (χ3n) is 0.949. The molecule has 0 saturated heterocycles. The molecule has 54 valence electrons. The molecular formula is C7H12BrF. The van der Waals surface area contributed by atoms with Crippen LogP contribution in [0.15, 0.2) is 11.6 Å². The second-order valence-corrected chi connectivity index (χ2v) is 2.92. The average molecular weight is 195 g/mol. The highest BCUT2D eigenvalue weighted by molar-refractivity contribution is 9.09. The topological polar surface area (TPSA) is 0 Å². The molecule has 2 heteroatoms. The Hall–Kier alpha value is 0.150. The SMILES string of the molecule is CC(C)=CC[C@@H](F)CBr. The number of allylic oxidation sites excluding steroid dienone is 2. The molecular weight excluding hydrogens is 183 g/mol. The molecule has 0 bridgehead atoms. The van der Waals surface area contributed by atoms with Gasteiger partial charge >= 0.3 is 0 Å². The number of hydrogen-bond donors (Lipinski definition) is 0. The van der Waals surface area contributed by atoms with E-state index in [1.807, 2.05) is 19.9 Å². The molecule has 0 aromatic carbocycles. The maximum absolute atomic E-state index is 12.4. The summed E-state index contributed by atoms with van der Waals surface area (Å²) in [5, 5.41) is 0.441. The van der Waals surface area contributed by atoms with Crippen molar-refractivity contribution in [1.82, 2.24) is 0 Å². The van der Waals surface area contributed by atoms with Crippen LogP contribution in [0.3, 0.4) is 0 Å². The molecule has 0 nitrogen and oxygen atoms in total. The van der Waals surface area contributed by atoms with E-state index in [1.165, 1.54) is 5.57 Å². The fourth-order valence-corrected chi connectivity index (χ4v) is 0.691. The lowest BCUT2D eigenvalue weighted by atomic mass is 10.2. The highest BCUT2D eigenvalue weighted by Crippen LogP contribution is 2.04. The summed E-state index contributed by atoms with van der Waals surface area (Å²) >= 11 is 3.06. The summed E-state index contributed by atoms with van der Waals surface area (Å²) in [7, 11) is 0. The standard InChI is InChI=1S/C7H12BrF/c1-6(2)3-4-7(9)5-8/h3,7H,4-5H2,1-2H3/t7-/m1/s1. The molecule has 0 rings (SSSR count). The van der Waals surface area contributed by atoms with Gasteiger partial charge in [0.25, 0.3) is 0 Å². The zero-order valence-electron chi connectivity index (χ0n) is 5.82. The van der Waals surface area contributed by atoms with Crippen LogP contribution in [-0.4, -0.2) is 11.5 Å². The van der Waals surface area contributed by atoms with E-state index in [-0.39, 0.29) is 0 Å². The van der Waals surface area contributed by atoms with Crippen molar-refractivity contribution < 1.29 is 4.39 Å². The fourth-order valence-electron chi connectivity index (χ4n) is 0.427. The molecule has 0 spiro atoms. The van der Waals surface area contributed by atoms with Crippen LogP contribution in [0.1, 0.15) is 20.3 Å². The highest BCUT2D eigenvalue weighted by atomic mass is 79.9. The Morgan fingerprint density at radius 1 is 1.67 bits per heavy atom. The monoisotopic (exact) mass is 194 g/mol. The summed E-state index contributed by atoms with van der Waals surface area (Å²) in [4.78, 5) is 0. The first-order valence-corrected chi connectivity index (χ1v) is 4.12. The van der Waals surface area contributed by atoms with Gasteiger partial charge in [0, 0.05) is 5.33 Å². The van der Waals surface area contributed by atoms with Crippen LogP contribution in [0.2, 0.25) is 0 Å². The summed E-state index contributed by atoms with van der Waals surface area (Å²) in [6.45, 7) is 3.95. The van der Waals surface area contributed by atoms with Crippen molar-refractivity contribution in [2.45, 2.75) is 26.4 Å². The van der Waals surface area contributed by atoms with Gasteiger partial charge in [0.05, 0.1) is 0 Å². The van der Waals surface area contributed by atoms with E-state index in [1.54, 1.807) is 0 Å². The Balaban J connectivity index is 3.37. The fraction of sp³-hybridized carbons (Fsp3) is 0.714. The van der Waals surface area contributed by atoms with Gasteiger partial charge in [-0.25, -0.2) is 4.39 Å². The average Bonchev–Trinajstić information content (AvgIpc) is 1.83. The normalized spacial score (nSPS) is 12.9. The van der Waals surface area contributed by atoms with Gasteiger partial charge in [0.1, 0.15) is 6.17 Å². The first-order chi connectivity index (χ1) is 4.16. The van der Waals surface area contributed by atoms with Gasteiger partial charge in [-0.15, -0.1) is 0 Å². The maximum atomic E-state index is 12.4. The van der Waals surface area contributed by atoms with Crippen molar-refractivity contribution in [1.29, 1.82) is 0 Å². The highest BCUT2D eigenvalue weighted by Gasteiger charge is 1.99. The lowest BCUT2D eigenvalue weighted by Gasteiger charge is -1.97. The zero-order valence-corrected chi connectivity index (χ0v) is 7.41. The predicted molar refractivity (Wildman–Crippen MR) is 42.7 cm³/mol. The maximum Gasteiger partial charge on any atom is 0.113 e. The van der Waals surface area contributed by atoms with Crippen molar-refractivity contribution in [3.8, 4) is 0 Å². The molecule has 0 heterocycles. The van der Waals surface area contributed by atoms with Crippen LogP contribution in [-0.2, 0) is 0 Å². The summed E-state index contributed by atoms with van der Waals surface area (Å²) in [5.74, 6) is 0. The van der Waals surface area contributed by atoms with Crippen molar-refractivity contribution in [3.05, 3.63) is 11.6 Å². The van der Waals surface area contributed by atoms with Gasteiger partial charge < -0.3 is 0 Å². The van der Waals surface area contributed by atoms with E-state index in [2.05, 4.69) is 15.9 Å². The van der Waals surface area contributed by atoms with E-state index in [0.717, 1.165) is 0 Å². The van der Waals surface area contributed by atoms with Crippen LogP contribution < -0.4 is 0 Å². The van der Waals surface area contributed by atoms with E-state index in [4.69, 9.17) is 0 Å². The van der Waals surface area contributed by atoms with Crippen molar-refractivity contribution >= 4 is 15.9 Å². The largest absolute Gasteiger partial charge is 0.246 e. The lowest BCUT2D eigenvalue weighted by molar-refractivity contribution is 0.373. The van der Waals surface area contributed by atoms with Crippen LogP contribution in [0.4, 0.5) is 4.39 Å². The van der Waals surface area contributed by atoms with Crippen LogP contribution in [0, 0.1) is 0 Å². The van der Waals surface area contributed by atoms with E-state index < -0.39 is 6.17 Å². The van der Waals surface area contributed by atoms with Crippen molar-refractivity contribution in [2.75, 3.05) is 5.33 Å². The smallest absolute Gasteiger partial charge is 0.113 e. The first kappa shape index (κ1) is 9.15. The predicted octanol–water partition coefficient (Wildman–Crippen LogP) is 3.08. The molecule has 0 aliphatic heterocycles. The van der Waals surface area contributed by atoms with Crippen LogP contribution in [0.25, 0.3) is 0 Å². The lowest BCUT2D eigenvalue weighted by Crippen LogP contribution is -1.98. The number of hydrogen-bond acceptors (Lipinski definition) is 0. The molecule has 0 amide bonds. The van der Waals surface area contributed by atoms with Gasteiger partial charge in [-0.1, -0.05) is 27.6 Å². The molecule has 0 aromatic heterocycles. The first-order valence-electron chi connectivity index (χ1n) is 3.00. The van der Waals surface area contributed by atoms with Gasteiger partial charge in [-0.05, 0) is 20.3 Å². The number of rotatable bonds is 3. The Kier molecular flexibility index (Phi) is 5.06. The molecule has 0 fully saturated rings. The Morgan fingerprint density at radius 2 is 2.22 bits per heavy atom. The Labute approximate surface area is 64.3 Å². The molecule has 0 aliphatic carbocycles. The minimum atomic E-state index is -0.722. The second kappa shape index (κ2) is 4.98. The van der Waals surface area contributed by atoms with Gasteiger partial charge in [-0.2, -0.15) is 0 Å². The number of halogens is 2. The molecule has 0 N–H and O–H groups in total. The molecule has 1 atom stereocenters. The Morgan fingerprint density at radius 3 is 2.56 bits per heavy atom. The zero-order chi connectivity index (χ0) is 7.28. The molecule has 9 heavy (non-hydrogen) atoms. The van der Waals surface area contributed by atoms with Gasteiger partial charge in [0.15, 0.2) is 0 Å². The minimum Gasteiger partial charge on any atom is -0.246 e. The Bertz CT molecular complexity index is 95.1. The third kappa shape index (κ3) is 6.03. The second-order valence-electron chi connectivity index (χ2n) is 2.27. The summed E-state index contributed by atoms with van der Waals surface area (Å²) in [6, 6.07) is 0. The van der Waals surface area contributed by atoms with Gasteiger partial charge in [0.2, 0.25) is 0 Å². The van der Waals surface area contributed by atoms with Crippen molar-refractivity contribution in [3.63, 3.8) is 0 Å². The molecule has 0 aliphatic rings. The summed E-state index contributed by atoms with van der Waals surface area (Å²) < 4.78 is 12.4. The number of alkyl halides is 2. The van der Waals surface area contributed by atoms with E-state index in [0.29, 0.717) is 11.8 Å². The molecule has 0 aromatic rings. The summed E-state index contributed by atoms with van der Waals surface area (Å²) in [6.07, 6.45) is 1.72. The van der Waals surface area contributed by atoms with Crippen molar-refractivity contribution in [2.24, 2.45) is 0 Å². The minimum absolute atomic E-state index is 0.441.